The zero-order valence-electron chi connectivity index (χ0n) is 17.8. The van der Waals surface area contributed by atoms with Crippen molar-refractivity contribution in [3.63, 3.8) is 0 Å². The first-order chi connectivity index (χ1) is 14.5. The van der Waals surface area contributed by atoms with E-state index in [1.807, 2.05) is 0 Å². The van der Waals surface area contributed by atoms with E-state index in [1.54, 1.807) is 6.20 Å². The molecule has 0 aliphatic heterocycles. The van der Waals surface area contributed by atoms with Gasteiger partial charge in [-0.25, -0.2) is 4.98 Å². The lowest BCUT2D eigenvalue weighted by molar-refractivity contribution is -0.133. The first kappa shape index (κ1) is 23.5. The van der Waals surface area contributed by atoms with Gasteiger partial charge in [0, 0.05) is 13.0 Å². The molecule has 0 bridgehead atoms. The minimum atomic E-state index is -0.854. The Morgan fingerprint density at radius 1 is 1.23 bits per heavy atom. The van der Waals surface area contributed by atoms with Crippen LogP contribution in [0.25, 0.3) is 0 Å². The maximum Gasteiger partial charge on any atom is 0.313 e. The van der Waals surface area contributed by atoms with Crippen LogP contribution in [0.5, 0.6) is 0 Å². The van der Waals surface area contributed by atoms with Crippen LogP contribution in [0.3, 0.4) is 0 Å². The fourth-order valence-corrected chi connectivity index (χ4v) is 6.77. The van der Waals surface area contributed by atoms with Crippen LogP contribution in [-0.4, -0.2) is 40.4 Å². The van der Waals surface area contributed by atoms with Gasteiger partial charge in [0.1, 0.15) is 0 Å². The number of thioether (sulfide) groups is 1. The average Bonchev–Trinajstić information content (AvgIpc) is 3.40. The van der Waals surface area contributed by atoms with Gasteiger partial charge < -0.3 is 15.2 Å². The highest BCUT2D eigenvalue weighted by Crippen LogP contribution is 2.43. The number of thiazole rings is 1. The Hall–Kier alpha value is -1.12. The van der Waals surface area contributed by atoms with E-state index in [0.717, 1.165) is 41.9 Å². The molecule has 0 saturated heterocycles. The van der Waals surface area contributed by atoms with Crippen molar-refractivity contribution >= 4 is 40.1 Å². The van der Waals surface area contributed by atoms with E-state index < -0.39 is 5.97 Å². The van der Waals surface area contributed by atoms with Gasteiger partial charge in [-0.05, 0) is 56.8 Å². The zero-order valence-corrected chi connectivity index (χ0v) is 19.4. The Labute approximate surface area is 187 Å². The molecule has 30 heavy (non-hydrogen) atoms. The molecule has 0 aromatic carbocycles. The Bertz CT molecular complexity index is 682. The highest BCUT2D eigenvalue weighted by Gasteiger charge is 2.34. The highest BCUT2D eigenvalue weighted by molar-refractivity contribution is 8.01. The molecule has 168 valence electrons. The molecule has 2 fully saturated rings. The number of ether oxygens (including phenoxy) is 1. The number of nitrogens with zero attached hydrogens (tertiary/aromatic N) is 1. The molecule has 2 aliphatic carbocycles. The molecule has 0 radical (unpaired) electrons. The Morgan fingerprint density at radius 3 is 2.60 bits per heavy atom. The van der Waals surface area contributed by atoms with Crippen LogP contribution in [0, 0.1) is 17.8 Å². The molecule has 1 heterocycles. The van der Waals surface area contributed by atoms with Crippen LogP contribution in [0.4, 0.5) is 5.13 Å². The molecule has 1 unspecified atom stereocenters. The normalized spacial score (nSPS) is 23.4. The van der Waals surface area contributed by atoms with E-state index in [9.17, 15) is 9.59 Å². The van der Waals surface area contributed by atoms with Crippen molar-refractivity contribution in [3.05, 3.63) is 6.20 Å². The fraction of sp³-hybridized carbons (Fsp3) is 0.773. The second-order valence-corrected chi connectivity index (χ2v) is 10.8. The van der Waals surface area contributed by atoms with Gasteiger partial charge in [0.2, 0.25) is 5.91 Å². The van der Waals surface area contributed by atoms with Crippen molar-refractivity contribution < 1.29 is 19.4 Å². The summed E-state index contributed by atoms with van der Waals surface area (Å²) in [5.74, 6) is 1.29. The molecular weight excluding hydrogens is 420 g/mol. The lowest BCUT2D eigenvalue weighted by Gasteiger charge is -2.37. The van der Waals surface area contributed by atoms with Crippen LogP contribution < -0.4 is 5.32 Å². The Kier molecular flexibility index (Phi) is 9.46. The van der Waals surface area contributed by atoms with Gasteiger partial charge in [-0.15, -0.1) is 11.8 Å². The Balaban J connectivity index is 1.49. The number of carboxylic acids is 1. The number of nitrogens with one attached hydrogen (secondary N) is 1. The van der Waals surface area contributed by atoms with Crippen molar-refractivity contribution in [2.45, 2.75) is 81.4 Å². The van der Waals surface area contributed by atoms with E-state index in [1.165, 1.54) is 61.6 Å². The summed E-state index contributed by atoms with van der Waals surface area (Å²) < 4.78 is 6.64. The number of amides is 1. The number of carbonyl (C=O) groups is 2. The molecule has 1 aromatic rings. The fourth-order valence-electron chi connectivity index (χ4n) is 5.16. The van der Waals surface area contributed by atoms with E-state index in [-0.39, 0.29) is 11.7 Å². The van der Waals surface area contributed by atoms with E-state index in [4.69, 9.17) is 9.84 Å². The van der Waals surface area contributed by atoms with E-state index in [2.05, 4.69) is 17.2 Å². The summed E-state index contributed by atoms with van der Waals surface area (Å²) in [5, 5.41) is 12.2. The standard InChI is InChI=1S/C22H34N2O4S2/c1-2-28-17-9-7-16(8-10-17)18(15-5-3-4-6-15)11-12-19(25)24-22-23-13-21(30-22)29-14-20(26)27/h13,15-18H,2-12,14H2,1H3,(H,26,27)(H,23,24,25). The van der Waals surface area contributed by atoms with E-state index in [0.29, 0.717) is 23.6 Å². The maximum absolute atomic E-state index is 12.6. The first-order valence-electron chi connectivity index (χ1n) is 11.3. The number of carbonyl (C=O) groups excluding carboxylic acids is 1. The number of hydrogen-bond acceptors (Lipinski definition) is 6. The summed E-state index contributed by atoms with van der Waals surface area (Å²) in [6.45, 7) is 2.87. The highest BCUT2D eigenvalue weighted by atomic mass is 32.2. The Morgan fingerprint density at radius 2 is 1.93 bits per heavy atom. The second-order valence-electron chi connectivity index (χ2n) is 8.45. The quantitative estimate of drug-likeness (QED) is 0.433. The SMILES string of the molecule is CCOC1CCC(C(CCC(=O)Nc2ncc(SCC(=O)O)s2)C2CCCC2)CC1. The van der Waals surface area contributed by atoms with Gasteiger partial charge in [0.05, 0.1) is 22.3 Å². The molecular formula is C22H34N2O4S2. The number of anilines is 1. The summed E-state index contributed by atoms with van der Waals surface area (Å²) in [6.07, 6.45) is 13.6. The molecule has 1 amide bonds. The van der Waals surface area contributed by atoms with Crippen LogP contribution in [0.1, 0.15) is 71.1 Å². The summed E-state index contributed by atoms with van der Waals surface area (Å²) in [6, 6.07) is 0. The monoisotopic (exact) mass is 454 g/mol. The minimum Gasteiger partial charge on any atom is -0.481 e. The lowest BCUT2D eigenvalue weighted by Crippen LogP contribution is -2.30. The predicted molar refractivity (Wildman–Crippen MR) is 121 cm³/mol. The molecule has 0 spiro atoms. The van der Waals surface area contributed by atoms with Crippen molar-refractivity contribution in [1.29, 1.82) is 0 Å². The van der Waals surface area contributed by atoms with Crippen LogP contribution in [0.2, 0.25) is 0 Å². The molecule has 3 rings (SSSR count). The van der Waals surface area contributed by atoms with Gasteiger partial charge in [-0.3, -0.25) is 9.59 Å². The van der Waals surface area contributed by atoms with Gasteiger partial charge in [-0.1, -0.05) is 37.0 Å². The smallest absolute Gasteiger partial charge is 0.313 e. The summed E-state index contributed by atoms with van der Waals surface area (Å²) >= 11 is 2.57. The molecule has 1 atom stereocenters. The number of aromatic nitrogens is 1. The van der Waals surface area contributed by atoms with Crippen LogP contribution >= 0.6 is 23.1 Å². The van der Waals surface area contributed by atoms with Crippen molar-refractivity contribution in [2.24, 2.45) is 17.8 Å². The zero-order chi connectivity index (χ0) is 21.3. The summed E-state index contributed by atoms with van der Waals surface area (Å²) in [7, 11) is 0. The maximum atomic E-state index is 12.6. The molecule has 6 nitrogen and oxygen atoms in total. The third-order valence-corrected chi connectivity index (χ3v) is 8.60. The lowest BCUT2D eigenvalue weighted by atomic mass is 9.71. The number of carboxylic acid groups (broad SMARTS) is 1. The largest absolute Gasteiger partial charge is 0.481 e. The summed E-state index contributed by atoms with van der Waals surface area (Å²) in [4.78, 5) is 27.5. The molecule has 2 N–H and O–H groups in total. The van der Waals surface area contributed by atoms with Gasteiger partial charge >= 0.3 is 5.97 Å². The predicted octanol–water partition coefficient (Wildman–Crippen LogP) is 5.44. The third-order valence-electron chi connectivity index (χ3n) is 6.51. The number of hydrogen-bond donors (Lipinski definition) is 2. The van der Waals surface area contributed by atoms with Crippen molar-refractivity contribution in [2.75, 3.05) is 17.7 Å². The van der Waals surface area contributed by atoms with Gasteiger partial charge in [0.15, 0.2) is 5.13 Å². The van der Waals surface area contributed by atoms with Crippen LogP contribution in [0.15, 0.2) is 10.4 Å². The second kappa shape index (κ2) is 12.1. The summed E-state index contributed by atoms with van der Waals surface area (Å²) in [5.41, 5.74) is 0. The molecule has 1 aromatic heterocycles. The van der Waals surface area contributed by atoms with Crippen molar-refractivity contribution in [1.82, 2.24) is 4.98 Å². The van der Waals surface area contributed by atoms with Crippen LogP contribution in [-0.2, 0) is 14.3 Å². The first-order valence-corrected chi connectivity index (χ1v) is 13.1. The molecule has 8 heteroatoms. The van der Waals surface area contributed by atoms with E-state index >= 15 is 0 Å². The number of rotatable bonds is 11. The number of aliphatic carboxylic acids is 1. The van der Waals surface area contributed by atoms with Crippen molar-refractivity contribution in [3.8, 4) is 0 Å². The average molecular weight is 455 g/mol. The molecule has 2 saturated carbocycles. The van der Waals surface area contributed by atoms with Gasteiger partial charge in [0.25, 0.3) is 0 Å². The van der Waals surface area contributed by atoms with Gasteiger partial charge in [-0.2, -0.15) is 0 Å². The minimum absolute atomic E-state index is 0.00416. The third kappa shape index (κ3) is 7.24. The molecule has 2 aliphatic rings. The topological polar surface area (TPSA) is 88.5 Å².